The molecule has 2 unspecified atom stereocenters. The molecular weight excluding hydrogens is 772 g/mol. The minimum Gasteiger partial charge on any atom is -0.468 e. The summed E-state index contributed by atoms with van der Waals surface area (Å²) in [5.74, 6) is -2.64. The number of carbonyl (C=O) groups is 3. The first kappa shape index (κ1) is 53.1. The summed E-state index contributed by atoms with van der Waals surface area (Å²) in [5.41, 5.74) is -1.80. The molecule has 0 bridgehead atoms. The Morgan fingerprint density at radius 2 is 1.37 bits per heavy atom. The Bertz CT molecular complexity index is 1210. The van der Waals surface area contributed by atoms with Crippen LogP contribution in [0.2, 0.25) is 0 Å². The van der Waals surface area contributed by atoms with Gasteiger partial charge in [-0.3, -0.25) is 19.2 Å². The van der Waals surface area contributed by atoms with Crippen molar-refractivity contribution in [2.45, 2.75) is 173 Å². The molecule has 0 saturated carbocycles. The summed E-state index contributed by atoms with van der Waals surface area (Å²) in [7, 11) is 1.24. The Balaban J connectivity index is 1.92. The maximum Gasteiger partial charge on any atom is 0.320 e. The van der Waals surface area contributed by atoms with Gasteiger partial charge < -0.3 is 58.5 Å². The van der Waals surface area contributed by atoms with E-state index >= 15 is 0 Å². The smallest absolute Gasteiger partial charge is 0.320 e. The third-order valence-corrected chi connectivity index (χ3v) is 11.7. The third-order valence-electron chi connectivity index (χ3n) is 11.7. The Hall–Kier alpha value is -2.03. The molecule has 59 heavy (non-hydrogen) atoms. The SMILES string of the molecule is CCCCCCC(CC(C(=O)OC)C(=O)OCCOCCOCCOCCO[C@@H]1O[C@H](CO)[C@@H](O)[C@H](O)[C@H]1O)ON1C(CC)(CC)CN(C(C)(C)C)C(=O)C1(CC)CC. The standard InChI is InChI=1S/C42H78N2O15/c1-10-15-16-17-18-30(59-44-41(11-2,12-3)29-43(40(6,7)8)39(51)42(44,13-4)14-5)27-31(36(49)52-9)37(50)56-25-23-54-21-19-53-20-22-55-24-26-57-38-35(48)34(47)33(46)32(28-45)58-38/h30-35,38,45-48H,10-29H2,1-9H3/t30?,31?,32-,33-,34+,35-,38-/m1/s1. The number of hydroxylamine groups is 2. The Morgan fingerprint density at radius 3 is 1.88 bits per heavy atom. The molecule has 0 aromatic carbocycles. The molecule has 2 aliphatic heterocycles. The van der Waals surface area contributed by atoms with Gasteiger partial charge in [-0.05, 0) is 59.3 Å². The molecule has 2 fully saturated rings. The number of methoxy groups -OCH3 is 1. The Kier molecular flexibility index (Phi) is 23.8. The minimum absolute atomic E-state index is 0.0260. The Labute approximate surface area is 352 Å². The van der Waals surface area contributed by atoms with Crippen LogP contribution in [0.4, 0.5) is 0 Å². The molecule has 17 heteroatoms. The monoisotopic (exact) mass is 851 g/mol. The summed E-state index contributed by atoms with van der Waals surface area (Å²) in [5, 5.41) is 41.0. The summed E-state index contributed by atoms with van der Waals surface area (Å²) >= 11 is 0. The summed E-state index contributed by atoms with van der Waals surface area (Å²) < 4.78 is 37.8. The zero-order valence-electron chi connectivity index (χ0n) is 37.4. The van der Waals surface area contributed by atoms with E-state index in [1.807, 2.05) is 23.8 Å². The van der Waals surface area contributed by atoms with Gasteiger partial charge in [0.25, 0.3) is 0 Å². The highest BCUT2D eigenvalue weighted by molar-refractivity contribution is 5.94. The maximum atomic E-state index is 14.4. The minimum atomic E-state index is -1.51. The number of ether oxygens (including phenoxy) is 7. The van der Waals surface area contributed by atoms with Crippen LogP contribution in [0, 0.1) is 5.92 Å². The number of rotatable bonds is 29. The third kappa shape index (κ3) is 14.8. The lowest BCUT2D eigenvalue weighted by Gasteiger charge is -2.61. The van der Waals surface area contributed by atoms with Crippen LogP contribution < -0.4 is 0 Å². The molecule has 2 saturated heterocycles. The average molecular weight is 851 g/mol. The first-order valence-corrected chi connectivity index (χ1v) is 21.8. The van der Waals surface area contributed by atoms with Crippen molar-refractivity contribution in [2.24, 2.45) is 5.92 Å². The largest absolute Gasteiger partial charge is 0.468 e. The molecule has 0 spiro atoms. The average Bonchev–Trinajstić information content (AvgIpc) is 3.22. The van der Waals surface area contributed by atoms with Crippen molar-refractivity contribution >= 4 is 17.8 Å². The predicted molar refractivity (Wildman–Crippen MR) is 217 cm³/mol. The lowest BCUT2D eigenvalue weighted by molar-refractivity contribution is -0.323. The number of carbonyl (C=O) groups excluding carboxylic acids is 3. The lowest BCUT2D eigenvalue weighted by atomic mass is 9.77. The fraction of sp³-hybridized carbons (Fsp3) is 0.929. The molecule has 2 aliphatic rings. The normalized spacial score (nSPS) is 24.5. The van der Waals surface area contributed by atoms with Gasteiger partial charge in [0.2, 0.25) is 5.91 Å². The highest BCUT2D eigenvalue weighted by atomic mass is 16.7. The van der Waals surface area contributed by atoms with Crippen LogP contribution in [0.3, 0.4) is 0 Å². The van der Waals surface area contributed by atoms with Crippen LogP contribution in [0.1, 0.15) is 120 Å². The predicted octanol–water partition coefficient (Wildman–Crippen LogP) is 2.91. The number of aliphatic hydroxyl groups excluding tert-OH is 4. The van der Waals surface area contributed by atoms with Crippen molar-refractivity contribution in [3.05, 3.63) is 0 Å². The van der Waals surface area contributed by atoms with Crippen molar-refractivity contribution in [1.29, 1.82) is 0 Å². The number of amides is 1. The second-order valence-electron chi connectivity index (χ2n) is 16.5. The zero-order valence-corrected chi connectivity index (χ0v) is 37.4. The van der Waals surface area contributed by atoms with Crippen molar-refractivity contribution in [3.8, 4) is 0 Å². The van der Waals surface area contributed by atoms with Gasteiger partial charge in [-0.2, -0.15) is 5.06 Å². The van der Waals surface area contributed by atoms with E-state index in [-0.39, 0.29) is 70.7 Å². The maximum absolute atomic E-state index is 14.4. The van der Waals surface area contributed by atoms with Gasteiger partial charge in [-0.15, -0.1) is 0 Å². The van der Waals surface area contributed by atoms with E-state index in [9.17, 15) is 34.8 Å². The van der Waals surface area contributed by atoms with E-state index in [1.165, 1.54) is 7.11 Å². The Morgan fingerprint density at radius 1 is 0.797 bits per heavy atom. The molecule has 2 rings (SSSR count). The second-order valence-corrected chi connectivity index (χ2v) is 16.5. The van der Waals surface area contributed by atoms with Crippen LogP contribution in [-0.2, 0) is 52.4 Å². The molecule has 0 aromatic rings. The van der Waals surface area contributed by atoms with Gasteiger partial charge in [-0.25, -0.2) is 0 Å². The molecule has 17 nitrogen and oxygen atoms in total. The molecule has 346 valence electrons. The number of hydrogen-bond acceptors (Lipinski definition) is 16. The number of unbranched alkanes of at least 4 members (excludes halogenated alkanes) is 3. The van der Waals surface area contributed by atoms with Gasteiger partial charge in [0.05, 0.1) is 71.6 Å². The number of hydrogen-bond donors (Lipinski definition) is 4. The van der Waals surface area contributed by atoms with Crippen LogP contribution in [0.5, 0.6) is 0 Å². The highest BCUT2D eigenvalue weighted by Gasteiger charge is 2.59. The number of aliphatic hydroxyl groups is 4. The quantitative estimate of drug-likeness (QED) is 0.0484. The molecule has 4 N–H and O–H groups in total. The van der Waals surface area contributed by atoms with Gasteiger partial charge in [0.1, 0.15) is 36.6 Å². The summed E-state index contributed by atoms with van der Waals surface area (Å²) in [4.78, 5) is 50.0. The lowest BCUT2D eigenvalue weighted by Crippen LogP contribution is -2.76. The summed E-state index contributed by atoms with van der Waals surface area (Å²) in [6.45, 7) is 17.7. The van der Waals surface area contributed by atoms with E-state index in [4.69, 9.17) is 38.0 Å². The highest BCUT2D eigenvalue weighted by Crippen LogP contribution is 2.45. The van der Waals surface area contributed by atoms with Gasteiger partial charge in [0, 0.05) is 12.1 Å². The van der Waals surface area contributed by atoms with E-state index in [0.29, 0.717) is 25.8 Å². The van der Waals surface area contributed by atoms with Crippen LogP contribution >= 0.6 is 0 Å². The van der Waals surface area contributed by atoms with Crippen molar-refractivity contribution in [1.82, 2.24) is 9.96 Å². The van der Waals surface area contributed by atoms with E-state index in [2.05, 4.69) is 41.5 Å². The molecule has 0 aliphatic carbocycles. The zero-order chi connectivity index (χ0) is 44.2. The molecule has 0 aromatic heterocycles. The molecule has 2 heterocycles. The van der Waals surface area contributed by atoms with Gasteiger partial charge in [0.15, 0.2) is 12.2 Å². The van der Waals surface area contributed by atoms with Crippen LogP contribution in [-0.4, -0.2) is 175 Å². The van der Waals surface area contributed by atoms with E-state index < -0.39 is 72.4 Å². The van der Waals surface area contributed by atoms with E-state index in [0.717, 1.165) is 38.5 Å². The fourth-order valence-corrected chi connectivity index (χ4v) is 7.70. The fourth-order valence-electron chi connectivity index (χ4n) is 7.70. The first-order chi connectivity index (χ1) is 28.1. The van der Waals surface area contributed by atoms with Gasteiger partial charge >= 0.3 is 11.9 Å². The van der Waals surface area contributed by atoms with Gasteiger partial charge in [-0.1, -0.05) is 60.3 Å². The first-order valence-electron chi connectivity index (χ1n) is 21.8. The van der Waals surface area contributed by atoms with Crippen molar-refractivity contribution < 1.29 is 72.8 Å². The summed E-state index contributed by atoms with van der Waals surface area (Å²) in [6, 6.07) is 0. The molecule has 0 radical (unpaired) electrons. The number of piperazine rings is 1. The van der Waals surface area contributed by atoms with E-state index in [1.54, 1.807) is 0 Å². The van der Waals surface area contributed by atoms with Crippen molar-refractivity contribution in [3.63, 3.8) is 0 Å². The van der Waals surface area contributed by atoms with Crippen LogP contribution in [0.25, 0.3) is 0 Å². The number of esters is 2. The second kappa shape index (κ2) is 26.4. The molecule has 1 amide bonds. The summed E-state index contributed by atoms with van der Waals surface area (Å²) in [6.07, 6.45) is -0.208. The van der Waals surface area contributed by atoms with Crippen molar-refractivity contribution in [2.75, 3.05) is 73.1 Å². The van der Waals surface area contributed by atoms with Crippen LogP contribution in [0.15, 0.2) is 0 Å². The molecule has 7 atom stereocenters. The number of nitrogens with zero attached hydrogens (tertiary/aromatic N) is 2. The topological polar surface area (TPSA) is 212 Å². The molecular formula is C42H78N2O15.